The quantitative estimate of drug-likeness (QED) is 0.276. The minimum atomic E-state index is -0.194. The molecule has 0 amide bonds. The molecule has 0 radical (unpaired) electrons. The molecule has 3 nitrogen and oxygen atoms in total. The summed E-state index contributed by atoms with van der Waals surface area (Å²) in [6, 6.07) is 0. The van der Waals surface area contributed by atoms with Crippen LogP contribution in [0.3, 0.4) is 0 Å². The van der Waals surface area contributed by atoms with Gasteiger partial charge in [-0.25, -0.2) is 4.79 Å². The van der Waals surface area contributed by atoms with Crippen LogP contribution in [0.2, 0.25) is 0 Å². The van der Waals surface area contributed by atoms with E-state index < -0.39 is 0 Å². The largest absolute Gasteiger partial charge is 0.463 e. The molecule has 0 aromatic rings. The third-order valence-electron chi connectivity index (χ3n) is 3.54. The Morgan fingerprint density at radius 3 is 2.55 bits per heavy atom. The van der Waals surface area contributed by atoms with Crippen LogP contribution in [0, 0.1) is 0 Å². The molecule has 3 heteroatoms. The minimum Gasteiger partial charge on any atom is -0.463 e. The van der Waals surface area contributed by atoms with Crippen LogP contribution < -0.4 is 0 Å². The summed E-state index contributed by atoms with van der Waals surface area (Å²) in [5.74, 6) is -0.194. The van der Waals surface area contributed by atoms with Crippen LogP contribution in [0.4, 0.5) is 0 Å². The fourth-order valence-corrected chi connectivity index (χ4v) is 2.50. The predicted octanol–water partition coefficient (Wildman–Crippen LogP) is 4.06. The topological polar surface area (TPSA) is 29.5 Å². The van der Waals surface area contributed by atoms with Crippen LogP contribution >= 0.6 is 0 Å². The monoisotopic (exact) mass is 279 g/mol. The van der Waals surface area contributed by atoms with Crippen molar-refractivity contribution >= 4 is 5.97 Å². The molecule has 1 heterocycles. The van der Waals surface area contributed by atoms with E-state index in [9.17, 15) is 4.79 Å². The number of hydrogen-bond donors (Lipinski definition) is 0. The Balaban J connectivity index is 2.42. The van der Waals surface area contributed by atoms with Gasteiger partial charge in [0.1, 0.15) is 0 Å². The van der Waals surface area contributed by atoms with Crippen LogP contribution in [0.1, 0.15) is 58.8 Å². The second-order valence-corrected chi connectivity index (χ2v) is 5.21. The van der Waals surface area contributed by atoms with Crippen molar-refractivity contribution in [1.29, 1.82) is 0 Å². The highest BCUT2D eigenvalue weighted by molar-refractivity contribution is 5.82. The summed E-state index contributed by atoms with van der Waals surface area (Å²) < 4.78 is 5.04. The van der Waals surface area contributed by atoms with Crippen molar-refractivity contribution < 1.29 is 9.53 Å². The zero-order chi connectivity index (χ0) is 14.6. The highest BCUT2D eigenvalue weighted by atomic mass is 16.5. The maximum Gasteiger partial charge on any atom is 0.332 e. The van der Waals surface area contributed by atoms with E-state index in [1.54, 1.807) is 6.08 Å². The first-order chi connectivity index (χ1) is 9.77. The van der Waals surface area contributed by atoms with Crippen molar-refractivity contribution in [2.75, 3.05) is 19.7 Å². The van der Waals surface area contributed by atoms with Gasteiger partial charge in [0.2, 0.25) is 0 Å². The van der Waals surface area contributed by atoms with Gasteiger partial charge in [-0.2, -0.15) is 0 Å². The van der Waals surface area contributed by atoms with E-state index in [1.165, 1.54) is 25.0 Å². The first kappa shape index (κ1) is 16.8. The van der Waals surface area contributed by atoms with Crippen LogP contribution in [0.15, 0.2) is 23.9 Å². The number of carbonyl (C=O) groups is 1. The number of allylic oxidation sites excluding steroid dienone is 3. The number of likely N-dealkylation sites (tertiary alicyclic amines) is 1. The molecule has 1 saturated heterocycles. The average Bonchev–Trinajstić information content (AvgIpc) is 2.95. The molecule has 1 aliphatic rings. The highest BCUT2D eigenvalue weighted by Gasteiger charge is 2.15. The lowest BCUT2D eigenvalue weighted by atomic mass is 10.1. The lowest BCUT2D eigenvalue weighted by Crippen LogP contribution is -2.20. The van der Waals surface area contributed by atoms with Crippen molar-refractivity contribution in [3.8, 4) is 0 Å². The van der Waals surface area contributed by atoms with E-state index >= 15 is 0 Å². The van der Waals surface area contributed by atoms with Crippen molar-refractivity contribution in [3.63, 3.8) is 0 Å². The van der Waals surface area contributed by atoms with Crippen molar-refractivity contribution in [2.24, 2.45) is 0 Å². The Hall–Kier alpha value is -1.25. The predicted molar refractivity (Wildman–Crippen MR) is 83.4 cm³/mol. The zero-order valence-electron chi connectivity index (χ0n) is 13.1. The molecule has 0 N–H and O–H groups in total. The maximum absolute atomic E-state index is 11.6. The molecule has 0 atom stereocenters. The summed E-state index contributed by atoms with van der Waals surface area (Å²) >= 11 is 0. The molecule has 0 saturated carbocycles. The standard InChI is InChI=1S/C17H29NO2/c1-3-5-6-7-8-9-12-16(15-17(19)20-4-2)18-13-10-11-14-18/h5-6,15H,3-4,7-14H2,1-2H3/b6-5+,16-15-. The van der Waals surface area contributed by atoms with E-state index in [-0.39, 0.29) is 5.97 Å². The molecule has 0 bridgehead atoms. The van der Waals surface area contributed by atoms with Crippen molar-refractivity contribution in [2.45, 2.75) is 58.8 Å². The van der Waals surface area contributed by atoms with Gasteiger partial charge in [-0.05, 0) is 51.9 Å². The number of rotatable bonds is 9. The lowest BCUT2D eigenvalue weighted by molar-refractivity contribution is -0.137. The highest BCUT2D eigenvalue weighted by Crippen LogP contribution is 2.20. The van der Waals surface area contributed by atoms with Gasteiger partial charge in [0.15, 0.2) is 0 Å². The third kappa shape index (κ3) is 6.78. The van der Waals surface area contributed by atoms with Crippen LogP contribution in [0.25, 0.3) is 0 Å². The average molecular weight is 279 g/mol. The fraction of sp³-hybridized carbons (Fsp3) is 0.706. The number of ether oxygens (including phenoxy) is 1. The summed E-state index contributed by atoms with van der Waals surface area (Å²) in [4.78, 5) is 14.0. The molecule has 0 aliphatic carbocycles. The SMILES string of the molecule is CC/C=C/CCCC/C(=C/C(=O)OCC)N1CCCC1. The molecule has 0 spiro atoms. The van der Waals surface area contributed by atoms with Gasteiger partial charge in [-0.15, -0.1) is 0 Å². The van der Waals surface area contributed by atoms with E-state index in [1.807, 2.05) is 6.92 Å². The molecule has 20 heavy (non-hydrogen) atoms. The molecule has 0 unspecified atom stereocenters. The van der Waals surface area contributed by atoms with Crippen molar-refractivity contribution in [3.05, 3.63) is 23.9 Å². The Labute approximate surface area is 123 Å². The van der Waals surface area contributed by atoms with E-state index in [0.29, 0.717) is 6.61 Å². The summed E-state index contributed by atoms with van der Waals surface area (Å²) in [6.07, 6.45) is 14.2. The Bertz CT molecular complexity index is 328. The van der Waals surface area contributed by atoms with Gasteiger partial charge in [0, 0.05) is 24.9 Å². The van der Waals surface area contributed by atoms with Crippen molar-refractivity contribution in [1.82, 2.24) is 4.90 Å². The Morgan fingerprint density at radius 1 is 1.15 bits per heavy atom. The van der Waals surface area contributed by atoms with E-state index in [0.717, 1.165) is 38.8 Å². The van der Waals surface area contributed by atoms with Gasteiger partial charge in [-0.3, -0.25) is 0 Å². The number of unbranched alkanes of at least 4 members (excludes halogenated alkanes) is 2. The van der Waals surface area contributed by atoms with Gasteiger partial charge >= 0.3 is 5.97 Å². The van der Waals surface area contributed by atoms with E-state index in [2.05, 4.69) is 24.0 Å². The molecule has 1 rings (SSSR count). The molecule has 1 fully saturated rings. The number of hydrogen-bond acceptors (Lipinski definition) is 3. The molecule has 114 valence electrons. The summed E-state index contributed by atoms with van der Waals surface area (Å²) in [5.41, 5.74) is 1.17. The Morgan fingerprint density at radius 2 is 1.90 bits per heavy atom. The van der Waals surface area contributed by atoms with Crippen LogP contribution in [0.5, 0.6) is 0 Å². The summed E-state index contributed by atoms with van der Waals surface area (Å²) in [7, 11) is 0. The fourth-order valence-electron chi connectivity index (χ4n) is 2.50. The summed E-state index contributed by atoms with van der Waals surface area (Å²) in [6.45, 7) is 6.62. The summed E-state index contributed by atoms with van der Waals surface area (Å²) in [5, 5.41) is 0. The number of nitrogens with zero attached hydrogens (tertiary/aromatic N) is 1. The Kier molecular flexibility index (Phi) is 8.84. The molecular weight excluding hydrogens is 250 g/mol. The van der Waals surface area contributed by atoms with Gasteiger partial charge < -0.3 is 9.64 Å². The molecular formula is C17H29NO2. The van der Waals surface area contributed by atoms with Gasteiger partial charge in [0.05, 0.1) is 6.61 Å². The second-order valence-electron chi connectivity index (χ2n) is 5.21. The van der Waals surface area contributed by atoms with Gasteiger partial charge in [-0.1, -0.05) is 19.1 Å². The smallest absolute Gasteiger partial charge is 0.332 e. The first-order valence-corrected chi connectivity index (χ1v) is 8.05. The second kappa shape index (κ2) is 10.5. The maximum atomic E-state index is 11.6. The van der Waals surface area contributed by atoms with E-state index in [4.69, 9.17) is 4.74 Å². The number of carbonyl (C=O) groups excluding carboxylic acids is 1. The minimum absolute atomic E-state index is 0.194. The third-order valence-corrected chi connectivity index (χ3v) is 3.54. The zero-order valence-corrected chi connectivity index (χ0v) is 13.1. The first-order valence-electron chi connectivity index (χ1n) is 8.05. The molecule has 1 aliphatic heterocycles. The lowest BCUT2D eigenvalue weighted by Gasteiger charge is -2.21. The molecule has 0 aromatic carbocycles. The van der Waals surface area contributed by atoms with Crippen LogP contribution in [-0.4, -0.2) is 30.6 Å². The number of esters is 1. The van der Waals surface area contributed by atoms with Crippen LogP contribution in [-0.2, 0) is 9.53 Å². The normalized spacial score (nSPS) is 16.1. The molecule has 0 aromatic heterocycles. The van der Waals surface area contributed by atoms with Gasteiger partial charge in [0.25, 0.3) is 0 Å².